The maximum absolute atomic E-state index is 12.8. The molecule has 0 fully saturated rings. The SMILES string of the molecule is CN(C)[C@H](C(=O)c1ccccc1)[C@@H](CO)c1ccccc1. The van der Waals surface area contributed by atoms with E-state index in [1.54, 1.807) is 0 Å². The molecule has 0 radical (unpaired) electrons. The normalized spacial score (nSPS) is 13.9. The van der Waals surface area contributed by atoms with Crippen LogP contribution in [0.15, 0.2) is 60.7 Å². The van der Waals surface area contributed by atoms with E-state index in [1.807, 2.05) is 79.7 Å². The minimum Gasteiger partial charge on any atom is -0.396 e. The highest BCUT2D eigenvalue weighted by atomic mass is 16.3. The quantitative estimate of drug-likeness (QED) is 0.828. The Balaban J connectivity index is 2.36. The van der Waals surface area contributed by atoms with E-state index in [1.165, 1.54) is 0 Å². The van der Waals surface area contributed by atoms with E-state index in [4.69, 9.17) is 0 Å². The highest BCUT2D eigenvalue weighted by Gasteiger charge is 2.31. The van der Waals surface area contributed by atoms with Crippen molar-refractivity contribution < 1.29 is 9.90 Å². The number of carbonyl (C=O) groups is 1. The molecule has 2 aromatic carbocycles. The zero-order valence-corrected chi connectivity index (χ0v) is 12.4. The molecule has 0 aliphatic rings. The zero-order chi connectivity index (χ0) is 15.2. The monoisotopic (exact) mass is 283 g/mol. The molecule has 0 saturated carbocycles. The predicted molar refractivity (Wildman–Crippen MR) is 84.5 cm³/mol. The van der Waals surface area contributed by atoms with Crippen LogP contribution in [0.3, 0.4) is 0 Å². The zero-order valence-electron chi connectivity index (χ0n) is 12.4. The van der Waals surface area contributed by atoms with Gasteiger partial charge in [-0.3, -0.25) is 9.69 Å². The van der Waals surface area contributed by atoms with Gasteiger partial charge in [0.15, 0.2) is 5.78 Å². The van der Waals surface area contributed by atoms with Gasteiger partial charge in [-0.25, -0.2) is 0 Å². The molecule has 0 aliphatic heterocycles. The first-order valence-electron chi connectivity index (χ1n) is 7.06. The van der Waals surface area contributed by atoms with Crippen LogP contribution in [0.5, 0.6) is 0 Å². The number of ketones is 1. The average Bonchev–Trinajstić information content (AvgIpc) is 2.53. The van der Waals surface area contributed by atoms with Gasteiger partial charge < -0.3 is 5.11 Å². The molecule has 21 heavy (non-hydrogen) atoms. The smallest absolute Gasteiger partial charge is 0.180 e. The van der Waals surface area contributed by atoms with Gasteiger partial charge in [0.25, 0.3) is 0 Å². The third kappa shape index (κ3) is 3.57. The predicted octanol–water partition coefficient (Wildman–Crippen LogP) is 2.58. The first-order chi connectivity index (χ1) is 10.1. The fourth-order valence-electron chi connectivity index (χ4n) is 2.64. The molecule has 2 aromatic rings. The van der Waals surface area contributed by atoms with Gasteiger partial charge in [-0.1, -0.05) is 60.7 Å². The van der Waals surface area contributed by atoms with Crippen molar-refractivity contribution in [3.05, 3.63) is 71.8 Å². The largest absolute Gasteiger partial charge is 0.396 e. The number of aliphatic hydroxyl groups excluding tert-OH is 1. The summed E-state index contributed by atoms with van der Waals surface area (Å²) in [6.07, 6.45) is 0. The molecule has 2 rings (SSSR count). The number of nitrogens with zero attached hydrogens (tertiary/aromatic N) is 1. The molecular weight excluding hydrogens is 262 g/mol. The minimum atomic E-state index is -0.389. The Morgan fingerprint density at radius 2 is 1.52 bits per heavy atom. The van der Waals surface area contributed by atoms with Crippen LogP contribution in [0.4, 0.5) is 0 Å². The number of benzene rings is 2. The minimum absolute atomic E-state index is 0.0310. The van der Waals surface area contributed by atoms with Gasteiger partial charge in [-0.15, -0.1) is 0 Å². The number of rotatable bonds is 6. The maximum Gasteiger partial charge on any atom is 0.180 e. The van der Waals surface area contributed by atoms with E-state index < -0.39 is 0 Å². The van der Waals surface area contributed by atoms with Gasteiger partial charge >= 0.3 is 0 Å². The topological polar surface area (TPSA) is 40.5 Å². The summed E-state index contributed by atoms with van der Waals surface area (Å²) in [7, 11) is 3.74. The number of likely N-dealkylation sites (N-methyl/N-ethyl adjacent to an activating group) is 1. The molecule has 0 aromatic heterocycles. The van der Waals surface area contributed by atoms with Crippen LogP contribution >= 0.6 is 0 Å². The molecule has 0 aliphatic carbocycles. The summed E-state index contributed by atoms with van der Waals surface area (Å²) in [6.45, 7) is -0.0641. The lowest BCUT2D eigenvalue weighted by Crippen LogP contribution is -2.42. The van der Waals surface area contributed by atoms with Crippen molar-refractivity contribution in [3.8, 4) is 0 Å². The van der Waals surface area contributed by atoms with Crippen LogP contribution in [-0.2, 0) is 0 Å². The summed E-state index contributed by atoms with van der Waals surface area (Å²) in [5.41, 5.74) is 1.65. The van der Waals surface area contributed by atoms with Crippen LogP contribution in [-0.4, -0.2) is 42.5 Å². The Labute approximate surface area is 125 Å². The Bertz CT molecular complexity index is 566. The van der Waals surface area contributed by atoms with E-state index in [0.717, 1.165) is 5.56 Å². The Morgan fingerprint density at radius 3 is 2.00 bits per heavy atom. The lowest BCUT2D eigenvalue weighted by Gasteiger charge is -2.30. The Morgan fingerprint density at radius 1 is 1.00 bits per heavy atom. The Hall–Kier alpha value is -1.97. The first kappa shape index (κ1) is 15.4. The second-order valence-corrected chi connectivity index (χ2v) is 5.34. The van der Waals surface area contributed by atoms with E-state index in [9.17, 15) is 9.90 Å². The van der Waals surface area contributed by atoms with Crippen molar-refractivity contribution in [2.45, 2.75) is 12.0 Å². The number of aliphatic hydroxyl groups is 1. The van der Waals surface area contributed by atoms with Crippen molar-refractivity contribution in [2.75, 3.05) is 20.7 Å². The highest BCUT2D eigenvalue weighted by molar-refractivity contribution is 6.00. The molecule has 110 valence electrons. The molecule has 0 heterocycles. The molecule has 0 saturated heterocycles. The highest BCUT2D eigenvalue weighted by Crippen LogP contribution is 2.25. The molecule has 0 unspecified atom stereocenters. The third-order valence-corrected chi connectivity index (χ3v) is 3.69. The number of hydrogen-bond acceptors (Lipinski definition) is 3. The van der Waals surface area contributed by atoms with Gasteiger partial charge in [-0.2, -0.15) is 0 Å². The van der Waals surface area contributed by atoms with Gasteiger partial charge in [0.1, 0.15) is 0 Å². The van der Waals surface area contributed by atoms with Crippen molar-refractivity contribution >= 4 is 5.78 Å². The summed E-state index contributed by atoms with van der Waals surface area (Å²) in [4.78, 5) is 14.7. The second kappa shape index (κ2) is 7.16. The molecular formula is C18H21NO2. The first-order valence-corrected chi connectivity index (χ1v) is 7.06. The van der Waals surface area contributed by atoms with Crippen LogP contribution in [0.1, 0.15) is 21.8 Å². The van der Waals surface area contributed by atoms with E-state index in [-0.39, 0.29) is 24.3 Å². The van der Waals surface area contributed by atoms with Crippen LogP contribution in [0.2, 0.25) is 0 Å². The molecule has 0 amide bonds. The summed E-state index contributed by atoms with van der Waals surface area (Å²) < 4.78 is 0. The van der Waals surface area contributed by atoms with Gasteiger partial charge in [-0.05, 0) is 19.7 Å². The van der Waals surface area contributed by atoms with Crippen molar-refractivity contribution in [2.24, 2.45) is 0 Å². The number of Topliss-reactive ketones (excluding diaryl/α,β-unsaturated/α-hetero) is 1. The van der Waals surface area contributed by atoms with Gasteiger partial charge in [0.2, 0.25) is 0 Å². The van der Waals surface area contributed by atoms with E-state index in [2.05, 4.69) is 0 Å². The van der Waals surface area contributed by atoms with Gasteiger partial charge in [0, 0.05) is 11.5 Å². The van der Waals surface area contributed by atoms with Crippen molar-refractivity contribution in [1.82, 2.24) is 4.90 Å². The standard InChI is InChI=1S/C18H21NO2/c1-19(2)17(18(21)15-11-7-4-8-12-15)16(13-20)14-9-5-3-6-10-14/h3-12,16-17,20H,13H2,1-2H3/t16-,17-/m0/s1. The van der Waals surface area contributed by atoms with Crippen LogP contribution in [0.25, 0.3) is 0 Å². The van der Waals surface area contributed by atoms with Crippen molar-refractivity contribution in [3.63, 3.8) is 0 Å². The molecule has 1 N–H and O–H groups in total. The van der Waals surface area contributed by atoms with E-state index in [0.29, 0.717) is 5.56 Å². The van der Waals surface area contributed by atoms with Crippen LogP contribution < -0.4 is 0 Å². The Kier molecular flexibility index (Phi) is 5.26. The van der Waals surface area contributed by atoms with Crippen LogP contribution in [0, 0.1) is 0 Å². The molecule has 3 nitrogen and oxygen atoms in total. The maximum atomic E-state index is 12.8. The second-order valence-electron chi connectivity index (χ2n) is 5.34. The number of carbonyl (C=O) groups excluding carboxylic acids is 1. The average molecular weight is 283 g/mol. The molecule has 0 spiro atoms. The fourth-order valence-corrected chi connectivity index (χ4v) is 2.64. The molecule has 0 bridgehead atoms. The summed E-state index contributed by atoms with van der Waals surface area (Å²) >= 11 is 0. The molecule has 3 heteroatoms. The van der Waals surface area contributed by atoms with Crippen molar-refractivity contribution in [1.29, 1.82) is 0 Å². The summed E-state index contributed by atoms with van der Waals surface area (Å²) in [5, 5.41) is 9.82. The van der Waals surface area contributed by atoms with E-state index >= 15 is 0 Å². The lowest BCUT2D eigenvalue weighted by molar-refractivity contribution is 0.0806. The lowest BCUT2D eigenvalue weighted by atomic mass is 9.86. The molecule has 2 atom stereocenters. The van der Waals surface area contributed by atoms with Gasteiger partial charge in [0.05, 0.1) is 12.6 Å². The summed E-state index contributed by atoms with van der Waals surface area (Å²) in [6, 6.07) is 18.5. The number of hydrogen-bond donors (Lipinski definition) is 1. The fraction of sp³-hybridized carbons (Fsp3) is 0.278. The summed E-state index contributed by atoms with van der Waals surface area (Å²) in [5.74, 6) is -0.211. The third-order valence-electron chi connectivity index (χ3n) is 3.69.